The van der Waals surface area contributed by atoms with Gasteiger partial charge in [-0.2, -0.15) is 0 Å². The van der Waals surface area contributed by atoms with Crippen molar-refractivity contribution in [3.8, 4) is 5.75 Å². The summed E-state index contributed by atoms with van der Waals surface area (Å²) < 4.78 is 49.5. The fourth-order valence-electron chi connectivity index (χ4n) is 5.20. The molecule has 1 aliphatic carbocycles. The summed E-state index contributed by atoms with van der Waals surface area (Å²) in [5, 5.41) is 0. The number of phosphoric acid groups is 1. The smallest absolute Gasteiger partial charge is 0.453 e. The van der Waals surface area contributed by atoms with Crippen LogP contribution in [0.1, 0.15) is 35.3 Å². The van der Waals surface area contributed by atoms with Crippen LogP contribution in [0.2, 0.25) is 0 Å². The van der Waals surface area contributed by atoms with Crippen molar-refractivity contribution in [3.63, 3.8) is 0 Å². The molecule has 1 fully saturated rings. The summed E-state index contributed by atoms with van der Waals surface area (Å²) in [5.74, 6) is -0.327. The van der Waals surface area contributed by atoms with Gasteiger partial charge in [0.25, 0.3) is 0 Å². The molecule has 212 valence electrons. The fraction of sp³-hybridized carbons (Fsp3) is 0.387. The minimum atomic E-state index is -4.04. The van der Waals surface area contributed by atoms with Gasteiger partial charge >= 0.3 is 13.8 Å². The molecule has 0 radical (unpaired) electrons. The van der Waals surface area contributed by atoms with Crippen LogP contribution in [0.15, 0.2) is 84.9 Å². The predicted octanol–water partition coefficient (Wildman–Crippen LogP) is 6.24. The third-order valence-corrected chi connectivity index (χ3v) is 9.10. The molecule has 3 aromatic carbocycles. The number of para-hydroxylation sites is 1. The highest BCUT2D eigenvalue weighted by Gasteiger charge is 2.46. The summed E-state index contributed by atoms with van der Waals surface area (Å²) in [5.41, 5.74) is 2.78. The number of rotatable bonds is 10. The first-order valence-corrected chi connectivity index (χ1v) is 15.0. The summed E-state index contributed by atoms with van der Waals surface area (Å²) in [4.78, 5) is 12.8. The lowest BCUT2D eigenvalue weighted by atomic mass is 9.83. The molecule has 3 aromatic rings. The van der Waals surface area contributed by atoms with E-state index in [1.807, 2.05) is 50.2 Å². The Hall–Kier alpha value is -3.00. The average molecular weight is 567 g/mol. The number of esters is 1. The summed E-state index contributed by atoms with van der Waals surface area (Å²) in [7, 11) is -2.55. The second kappa shape index (κ2) is 12.7. The molecule has 5 rings (SSSR count). The molecule has 40 heavy (non-hydrogen) atoms. The maximum Gasteiger partial charge on any atom is 0.530 e. The van der Waals surface area contributed by atoms with Crippen molar-refractivity contribution in [2.45, 2.75) is 51.3 Å². The minimum Gasteiger partial charge on any atom is -0.453 e. The Bertz CT molecular complexity index is 1290. The van der Waals surface area contributed by atoms with E-state index in [4.69, 9.17) is 27.8 Å². The summed E-state index contributed by atoms with van der Waals surface area (Å²) in [6.45, 7) is 3.89. The maximum absolute atomic E-state index is 14.0. The number of hydrogen-bond donors (Lipinski definition) is 0. The third-order valence-electron chi connectivity index (χ3n) is 7.65. The van der Waals surface area contributed by atoms with Crippen molar-refractivity contribution in [2.75, 3.05) is 13.7 Å². The summed E-state index contributed by atoms with van der Waals surface area (Å²) in [6, 6.07) is 25.7. The van der Waals surface area contributed by atoms with Crippen molar-refractivity contribution in [2.24, 2.45) is 11.8 Å². The molecule has 1 heterocycles. The van der Waals surface area contributed by atoms with E-state index >= 15 is 0 Å². The van der Waals surface area contributed by atoms with Crippen LogP contribution in [0.4, 0.5) is 0 Å². The van der Waals surface area contributed by atoms with E-state index in [1.54, 1.807) is 48.5 Å². The van der Waals surface area contributed by atoms with Gasteiger partial charge < -0.3 is 18.7 Å². The largest absolute Gasteiger partial charge is 0.530 e. The van der Waals surface area contributed by atoms with Crippen LogP contribution >= 0.6 is 7.82 Å². The molecule has 0 saturated carbocycles. The molecule has 6 atom stereocenters. The summed E-state index contributed by atoms with van der Waals surface area (Å²) in [6.07, 6.45) is -1.07. The van der Waals surface area contributed by atoms with Crippen LogP contribution in [0.25, 0.3) is 0 Å². The molecule has 0 aromatic heterocycles. The van der Waals surface area contributed by atoms with Crippen molar-refractivity contribution < 1.29 is 37.1 Å². The van der Waals surface area contributed by atoms with Gasteiger partial charge in [0, 0.05) is 13.0 Å². The highest BCUT2D eigenvalue weighted by molar-refractivity contribution is 7.49. The molecule has 0 amide bonds. The molecular weight excluding hydrogens is 531 g/mol. The lowest BCUT2D eigenvalue weighted by molar-refractivity contribution is -0.264. The Balaban J connectivity index is 1.27. The van der Waals surface area contributed by atoms with E-state index in [0.717, 1.165) is 11.1 Å². The molecule has 8 nitrogen and oxygen atoms in total. The number of methoxy groups -OCH3 is 1. The van der Waals surface area contributed by atoms with E-state index in [1.165, 1.54) is 7.11 Å². The van der Waals surface area contributed by atoms with Gasteiger partial charge in [-0.25, -0.2) is 9.36 Å². The van der Waals surface area contributed by atoms with Crippen molar-refractivity contribution in [1.82, 2.24) is 0 Å². The number of carbonyl (C=O) groups excluding carboxylic acids is 1. The topological polar surface area (TPSA) is 89.5 Å². The molecule has 9 heteroatoms. The van der Waals surface area contributed by atoms with Gasteiger partial charge in [-0.1, -0.05) is 74.5 Å². The lowest BCUT2D eigenvalue weighted by Crippen LogP contribution is -2.53. The monoisotopic (exact) mass is 566 g/mol. The zero-order valence-electron chi connectivity index (χ0n) is 22.9. The van der Waals surface area contributed by atoms with E-state index in [9.17, 15) is 9.36 Å². The van der Waals surface area contributed by atoms with E-state index in [2.05, 4.69) is 0 Å². The molecule has 0 spiro atoms. The molecule has 0 N–H and O–H groups in total. The highest BCUT2D eigenvalue weighted by atomic mass is 31.2. The first-order chi connectivity index (χ1) is 19.3. The van der Waals surface area contributed by atoms with Crippen LogP contribution in [0.5, 0.6) is 5.75 Å². The molecule has 1 saturated heterocycles. The second-order valence-electron chi connectivity index (χ2n) is 10.3. The Morgan fingerprint density at radius 1 is 0.875 bits per heavy atom. The number of carbonyl (C=O) groups is 1. The van der Waals surface area contributed by atoms with Gasteiger partial charge in [0.15, 0.2) is 12.4 Å². The van der Waals surface area contributed by atoms with Gasteiger partial charge in [0.2, 0.25) is 0 Å². The quantitative estimate of drug-likeness (QED) is 0.210. The molecule has 1 aliphatic heterocycles. The molecule has 4 unspecified atom stereocenters. The Labute approximate surface area is 235 Å². The standard InChI is InChI=1S/C31H35O8P/c1-21-22(2)29(37-30(32)23-12-6-4-7-13-23)31(34-3)36-28(21)20-35-40(33,38-26-16-8-5-9-17-26)39-27-18-24-14-10-11-15-25(24)19-27/h4-17,21-22,27-29,31H,18-20H2,1-3H3/t21-,22-,28?,29?,31?,40?/m0/s1. The van der Waals surface area contributed by atoms with E-state index in [-0.39, 0.29) is 24.5 Å². The number of hydrogen-bond acceptors (Lipinski definition) is 8. The molecule has 2 aliphatic rings. The number of ether oxygens (including phenoxy) is 3. The van der Waals surface area contributed by atoms with Crippen LogP contribution < -0.4 is 4.52 Å². The van der Waals surface area contributed by atoms with Gasteiger partial charge in [-0.3, -0.25) is 9.05 Å². The number of phosphoric ester groups is 1. The summed E-state index contributed by atoms with van der Waals surface area (Å²) >= 11 is 0. The molecular formula is C31H35O8P. The van der Waals surface area contributed by atoms with Gasteiger partial charge in [0.05, 0.1) is 24.4 Å². The zero-order valence-corrected chi connectivity index (χ0v) is 23.8. The van der Waals surface area contributed by atoms with Crippen LogP contribution in [-0.2, 0) is 40.7 Å². The fourth-order valence-corrected chi connectivity index (χ4v) is 6.58. The zero-order chi connectivity index (χ0) is 28.1. The third kappa shape index (κ3) is 6.65. The van der Waals surface area contributed by atoms with Crippen molar-refractivity contribution >= 4 is 13.8 Å². The van der Waals surface area contributed by atoms with E-state index in [0.29, 0.717) is 24.2 Å². The van der Waals surface area contributed by atoms with Crippen molar-refractivity contribution in [3.05, 3.63) is 102 Å². The van der Waals surface area contributed by atoms with E-state index < -0.39 is 32.3 Å². The van der Waals surface area contributed by atoms with Gasteiger partial charge in [-0.05, 0) is 54.2 Å². The van der Waals surface area contributed by atoms with Crippen LogP contribution in [0.3, 0.4) is 0 Å². The average Bonchev–Trinajstić information content (AvgIpc) is 3.38. The highest BCUT2D eigenvalue weighted by Crippen LogP contribution is 2.52. The predicted molar refractivity (Wildman–Crippen MR) is 149 cm³/mol. The first kappa shape index (κ1) is 28.5. The number of benzene rings is 3. The Kier molecular flexibility index (Phi) is 9.03. The van der Waals surface area contributed by atoms with Crippen LogP contribution in [0, 0.1) is 11.8 Å². The normalized spacial score (nSPS) is 26.0. The van der Waals surface area contributed by atoms with Gasteiger partial charge in [0.1, 0.15) is 5.75 Å². The van der Waals surface area contributed by atoms with Gasteiger partial charge in [-0.15, -0.1) is 0 Å². The maximum atomic E-state index is 14.0. The SMILES string of the molecule is COC1OC(COP(=O)(Oc2ccccc2)OC2Cc3ccccc3C2)[C@@H](C)[C@H](C)C1OC(=O)c1ccccc1. The number of fused-ring (bicyclic) bond motifs is 1. The first-order valence-electron chi connectivity index (χ1n) is 13.5. The minimum absolute atomic E-state index is 0.0610. The molecule has 0 bridgehead atoms. The lowest BCUT2D eigenvalue weighted by Gasteiger charge is -2.43. The Morgan fingerprint density at radius 3 is 2.10 bits per heavy atom. The Morgan fingerprint density at radius 2 is 1.48 bits per heavy atom. The second-order valence-corrected chi connectivity index (χ2v) is 11.8. The van der Waals surface area contributed by atoms with Crippen LogP contribution in [-0.4, -0.2) is 44.3 Å². The van der Waals surface area contributed by atoms with Crippen molar-refractivity contribution in [1.29, 1.82) is 0 Å².